The summed E-state index contributed by atoms with van der Waals surface area (Å²) in [5.74, 6) is 0.596. The number of H-pyrrole nitrogens is 1. The van der Waals surface area contributed by atoms with Crippen LogP contribution in [0, 0.1) is 0 Å². The van der Waals surface area contributed by atoms with Gasteiger partial charge in [-0.2, -0.15) is 10.2 Å². The zero-order chi connectivity index (χ0) is 22.8. The van der Waals surface area contributed by atoms with Crippen LogP contribution in [-0.4, -0.2) is 52.2 Å². The van der Waals surface area contributed by atoms with Gasteiger partial charge in [-0.25, -0.2) is 9.97 Å². The first-order valence-electron chi connectivity index (χ1n) is 11.8. The predicted molar refractivity (Wildman–Crippen MR) is 129 cm³/mol. The number of carbonyl (C=O) groups excluding carboxylic acids is 1. The van der Waals surface area contributed by atoms with Crippen molar-refractivity contribution in [2.24, 2.45) is 0 Å². The molecule has 1 aliphatic carbocycles. The van der Waals surface area contributed by atoms with E-state index in [4.69, 9.17) is 10.1 Å². The van der Waals surface area contributed by atoms with E-state index in [-0.39, 0.29) is 7.33 Å². The predicted octanol–water partition coefficient (Wildman–Crippen LogP) is 4.01. The van der Waals surface area contributed by atoms with Gasteiger partial charge in [-0.15, -0.1) is 0 Å². The second-order valence-corrected chi connectivity index (χ2v) is 9.35. The molecule has 0 radical (unpaired) electrons. The molecule has 0 unspecified atom stereocenters. The Morgan fingerprint density at radius 1 is 1.24 bits per heavy atom. The largest absolute Gasteiger partial charge is 0.340 e. The van der Waals surface area contributed by atoms with Crippen molar-refractivity contribution in [2.75, 3.05) is 7.05 Å². The number of nitrogens with one attached hydrogen (secondary N) is 1. The summed E-state index contributed by atoms with van der Waals surface area (Å²) >= 11 is 0. The van der Waals surface area contributed by atoms with E-state index in [9.17, 15) is 4.79 Å². The molecule has 5 aromatic heterocycles. The Morgan fingerprint density at radius 2 is 2.15 bits per heavy atom. The standard InChI is InChI=1S/C25H24N8O.H2/c1-31-14-19-24(33-10-3-2-5-20(33)27-19)16-11-17-23(28-29-25(17)26-12-16)18-13-32(9-4-6-21(31)34)30-22(18)15-7-8-15;/h2-3,5,10-13,15H,4,6-9,14H2,1H3,(H,26,28,29);1H. The molecule has 7 rings (SSSR count). The zero-order valence-electron chi connectivity index (χ0n) is 18.9. The molecule has 1 aliphatic heterocycles. The number of fused-ring (bicyclic) bond motifs is 8. The normalized spacial score (nSPS) is 16.7. The topological polar surface area (TPSA) is 97.0 Å². The molecule has 1 N–H and O–H groups in total. The van der Waals surface area contributed by atoms with Gasteiger partial charge in [0.2, 0.25) is 5.91 Å². The summed E-state index contributed by atoms with van der Waals surface area (Å²) in [7, 11) is 1.85. The van der Waals surface area contributed by atoms with Crippen LogP contribution in [0.1, 0.15) is 44.4 Å². The molecule has 172 valence electrons. The molecular weight excluding hydrogens is 428 g/mol. The molecule has 9 heteroatoms. The third kappa shape index (κ3) is 3.03. The molecular formula is C25H26N8O. The van der Waals surface area contributed by atoms with E-state index in [0.29, 0.717) is 31.1 Å². The minimum absolute atomic E-state index is 0. The van der Waals surface area contributed by atoms with Gasteiger partial charge in [-0.1, -0.05) is 6.07 Å². The lowest BCUT2D eigenvalue weighted by molar-refractivity contribution is -0.130. The molecule has 9 nitrogen and oxygen atoms in total. The average Bonchev–Trinajstić information content (AvgIpc) is 3.31. The molecule has 0 aromatic carbocycles. The number of pyridine rings is 2. The average molecular weight is 455 g/mol. The lowest BCUT2D eigenvalue weighted by Crippen LogP contribution is -2.26. The molecule has 0 saturated heterocycles. The lowest BCUT2D eigenvalue weighted by atomic mass is 10.0. The van der Waals surface area contributed by atoms with Crippen molar-refractivity contribution >= 4 is 22.6 Å². The summed E-state index contributed by atoms with van der Waals surface area (Å²) in [6, 6.07) is 8.09. The fourth-order valence-corrected chi connectivity index (χ4v) is 4.99. The van der Waals surface area contributed by atoms with Crippen molar-refractivity contribution in [3.63, 3.8) is 0 Å². The number of carbonyl (C=O) groups is 1. The van der Waals surface area contributed by atoms with E-state index < -0.39 is 0 Å². The second kappa shape index (κ2) is 7.24. The quantitative estimate of drug-likeness (QED) is 0.413. The fourth-order valence-electron chi connectivity index (χ4n) is 4.99. The number of aromatic nitrogens is 7. The lowest BCUT2D eigenvalue weighted by Gasteiger charge is -2.17. The Bertz CT molecular complexity index is 1580. The van der Waals surface area contributed by atoms with Crippen LogP contribution < -0.4 is 0 Å². The first-order valence-corrected chi connectivity index (χ1v) is 11.8. The third-order valence-corrected chi connectivity index (χ3v) is 6.90. The maximum absolute atomic E-state index is 12.9. The first kappa shape index (κ1) is 19.5. The van der Waals surface area contributed by atoms with Crippen molar-refractivity contribution in [1.82, 2.24) is 39.2 Å². The molecule has 1 fully saturated rings. The van der Waals surface area contributed by atoms with Crippen LogP contribution >= 0.6 is 0 Å². The highest BCUT2D eigenvalue weighted by atomic mass is 16.2. The van der Waals surface area contributed by atoms with E-state index in [1.165, 1.54) is 0 Å². The number of imidazole rings is 1. The van der Waals surface area contributed by atoms with Gasteiger partial charge >= 0.3 is 0 Å². The van der Waals surface area contributed by atoms with Crippen LogP contribution in [0.15, 0.2) is 42.9 Å². The van der Waals surface area contributed by atoms with Crippen LogP contribution in [0.4, 0.5) is 0 Å². The van der Waals surface area contributed by atoms with Gasteiger partial charge in [0.15, 0.2) is 5.65 Å². The van der Waals surface area contributed by atoms with Crippen LogP contribution in [0.5, 0.6) is 0 Å². The van der Waals surface area contributed by atoms with Crippen molar-refractivity contribution in [1.29, 1.82) is 0 Å². The number of nitrogens with zero attached hydrogens (tertiary/aromatic N) is 7. The summed E-state index contributed by atoms with van der Waals surface area (Å²) in [5.41, 5.74) is 7.43. The highest BCUT2D eigenvalue weighted by Gasteiger charge is 2.31. The van der Waals surface area contributed by atoms with Gasteiger partial charge in [0.05, 0.1) is 29.3 Å². The summed E-state index contributed by atoms with van der Waals surface area (Å²) in [6.45, 7) is 1.14. The first-order chi connectivity index (χ1) is 16.7. The van der Waals surface area contributed by atoms with Gasteiger partial charge in [0.1, 0.15) is 5.65 Å². The number of hydrogen-bond donors (Lipinski definition) is 1. The molecule has 4 bridgehead atoms. The molecule has 0 spiro atoms. The third-order valence-electron chi connectivity index (χ3n) is 6.90. The molecule has 0 atom stereocenters. The Hall–Kier alpha value is -4.01. The highest BCUT2D eigenvalue weighted by Crippen LogP contribution is 2.44. The maximum atomic E-state index is 12.9. The van der Waals surface area contributed by atoms with E-state index in [1.54, 1.807) is 4.90 Å². The monoisotopic (exact) mass is 454 g/mol. The minimum Gasteiger partial charge on any atom is -0.340 e. The maximum Gasteiger partial charge on any atom is 0.222 e. The summed E-state index contributed by atoms with van der Waals surface area (Å²) in [4.78, 5) is 24.3. The summed E-state index contributed by atoms with van der Waals surface area (Å²) in [6.07, 6.45) is 9.48. The second-order valence-electron chi connectivity index (χ2n) is 9.35. The van der Waals surface area contributed by atoms with E-state index in [0.717, 1.165) is 64.2 Å². The molecule has 2 aliphatic rings. The highest BCUT2D eigenvalue weighted by molar-refractivity contribution is 5.94. The summed E-state index contributed by atoms with van der Waals surface area (Å²) < 4.78 is 4.06. The Labute approximate surface area is 196 Å². The van der Waals surface area contributed by atoms with Gasteiger partial charge in [-0.3, -0.25) is 19.0 Å². The Kier molecular flexibility index (Phi) is 4.15. The fraction of sp³-hybridized carbons (Fsp3) is 0.320. The van der Waals surface area contributed by atoms with E-state index in [2.05, 4.69) is 31.8 Å². The number of rotatable bonds is 1. The number of aromatic amines is 1. The summed E-state index contributed by atoms with van der Waals surface area (Å²) in [5, 5.41) is 13.6. The van der Waals surface area contributed by atoms with Crippen molar-refractivity contribution in [2.45, 2.75) is 44.7 Å². The van der Waals surface area contributed by atoms with E-state index in [1.807, 2.05) is 42.3 Å². The van der Waals surface area contributed by atoms with Crippen molar-refractivity contribution in [3.8, 4) is 22.5 Å². The van der Waals surface area contributed by atoms with Gasteiger partial charge < -0.3 is 4.90 Å². The molecule has 34 heavy (non-hydrogen) atoms. The van der Waals surface area contributed by atoms with Gasteiger partial charge in [0.25, 0.3) is 0 Å². The Morgan fingerprint density at radius 3 is 3.03 bits per heavy atom. The minimum atomic E-state index is 0. The van der Waals surface area contributed by atoms with Crippen LogP contribution in [0.3, 0.4) is 0 Å². The van der Waals surface area contributed by atoms with Crippen LogP contribution in [-0.2, 0) is 17.9 Å². The Balaban J connectivity index is 0.00000229. The van der Waals surface area contributed by atoms with Crippen molar-refractivity contribution in [3.05, 3.63) is 54.2 Å². The SMILES string of the molecule is CN1Cc2nc3ccccn3c2-c2cnc3n[nH]c(c3c2)-c2cn(nc2C2CC2)CCCC1=O.[HH]. The number of aryl methyl sites for hydroxylation is 1. The molecule has 6 heterocycles. The zero-order valence-corrected chi connectivity index (χ0v) is 18.9. The van der Waals surface area contributed by atoms with Gasteiger partial charge in [-0.05, 0) is 37.5 Å². The smallest absolute Gasteiger partial charge is 0.222 e. The van der Waals surface area contributed by atoms with Gasteiger partial charge in [0, 0.05) is 62.5 Å². The number of hydrogen-bond acceptors (Lipinski definition) is 5. The molecule has 5 aromatic rings. The van der Waals surface area contributed by atoms with E-state index >= 15 is 0 Å². The van der Waals surface area contributed by atoms with Crippen LogP contribution in [0.25, 0.3) is 39.2 Å². The van der Waals surface area contributed by atoms with Crippen molar-refractivity contribution < 1.29 is 6.22 Å². The number of amides is 1. The molecule has 1 saturated carbocycles. The molecule has 1 amide bonds. The van der Waals surface area contributed by atoms with Crippen LogP contribution in [0.2, 0.25) is 0 Å².